The van der Waals surface area contributed by atoms with Crippen molar-refractivity contribution in [1.82, 2.24) is 0 Å². The molecule has 3 aromatic carbocycles. The molecular formula is C28H30F4O. The van der Waals surface area contributed by atoms with Crippen LogP contribution in [0.15, 0.2) is 48.5 Å². The molecule has 1 aliphatic rings. The molecule has 0 heterocycles. The van der Waals surface area contributed by atoms with Gasteiger partial charge in [0.2, 0.25) is 0 Å². The number of unbranched alkanes of at least 4 members (excludes halogenated alkanes) is 2. The molecule has 0 amide bonds. The highest BCUT2D eigenvalue weighted by Gasteiger charge is 2.22. The summed E-state index contributed by atoms with van der Waals surface area (Å²) in [4.78, 5) is 0. The number of benzene rings is 3. The summed E-state index contributed by atoms with van der Waals surface area (Å²) in [7, 11) is 0. The monoisotopic (exact) mass is 458 g/mol. The van der Waals surface area contributed by atoms with Crippen molar-refractivity contribution in [3.05, 3.63) is 65.7 Å². The van der Waals surface area contributed by atoms with Crippen LogP contribution in [0.4, 0.5) is 17.6 Å². The van der Waals surface area contributed by atoms with Crippen molar-refractivity contribution in [2.45, 2.75) is 70.8 Å². The van der Waals surface area contributed by atoms with Crippen molar-refractivity contribution in [3.63, 3.8) is 0 Å². The van der Waals surface area contributed by atoms with Crippen molar-refractivity contribution in [2.24, 2.45) is 5.92 Å². The van der Waals surface area contributed by atoms with E-state index in [1.54, 1.807) is 6.07 Å². The van der Waals surface area contributed by atoms with Gasteiger partial charge in [-0.1, -0.05) is 62.9 Å². The van der Waals surface area contributed by atoms with Gasteiger partial charge in [-0.05, 0) is 83.2 Å². The zero-order chi connectivity index (χ0) is 23.4. The summed E-state index contributed by atoms with van der Waals surface area (Å²) < 4.78 is 57.0. The van der Waals surface area contributed by atoms with Gasteiger partial charge in [-0.3, -0.25) is 0 Å². The molecule has 4 rings (SSSR count). The van der Waals surface area contributed by atoms with E-state index in [1.807, 2.05) is 12.1 Å². The van der Waals surface area contributed by atoms with E-state index < -0.39 is 24.0 Å². The summed E-state index contributed by atoms with van der Waals surface area (Å²) in [5.41, 5.74) is 2.25. The van der Waals surface area contributed by atoms with E-state index in [-0.39, 0.29) is 5.56 Å². The normalized spacial score (nSPS) is 18.7. The van der Waals surface area contributed by atoms with Gasteiger partial charge in [-0.2, -0.15) is 8.78 Å². The lowest BCUT2D eigenvalue weighted by Crippen LogP contribution is -2.13. The van der Waals surface area contributed by atoms with Gasteiger partial charge in [0.1, 0.15) is 0 Å². The van der Waals surface area contributed by atoms with Crippen LogP contribution in [0.3, 0.4) is 0 Å². The first-order valence-electron chi connectivity index (χ1n) is 11.9. The van der Waals surface area contributed by atoms with Gasteiger partial charge < -0.3 is 4.74 Å². The minimum Gasteiger partial charge on any atom is -0.429 e. The SMILES string of the molecule is CCCCCC1CCC(c2ccc3cc(-c4cc(F)c(OC(F)F)c(F)c4)ccc3c2)CC1. The lowest BCUT2D eigenvalue weighted by atomic mass is 9.77. The number of hydrogen-bond acceptors (Lipinski definition) is 1. The molecule has 1 saturated carbocycles. The number of halogens is 4. The van der Waals surface area contributed by atoms with E-state index in [2.05, 4.69) is 29.9 Å². The van der Waals surface area contributed by atoms with Crippen molar-refractivity contribution in [2.75, 3.05) is 0 Å². The van der Waals surface area contributed by atoms with Crippen LogP contribution in [0.2, 0.25) is 0 Å². The molecule has 0 spiro atoms. The molecule has 0 radical (unpaired) electrons. The molecular weight excluding hydrogens is 428 g/mol. The summed E-state index contributed by atoms with van der Waals surface area (Å²) in [6.07, 6.45) is 10.4. The molecule has 1 nitrogen and oxygen atoms in total. The van der Waals surface area contributed by atoms with Gasteiger partial charge in [0.25, 0.3) is 0 Å². The Hall–Kier alpha value is -2.56. The van der Waals surface area contributed by atoms with Gasteiger partial charge in [0.15, 0.2) is 17.4 Å². The first kappa shape index (κ1) is 23.6. The number of rotatable bonds is 8. The maximum absolute atomic E-state index is 14.1. The van der Waals surface area contributed by atoms with Crippen molar-refractivity contribution >= 4 is 10.8 Å². The predicted octanol–water partition coefficient (Wildman–Crippen LogP) is 9.24. The Kier molecular flexibility index (Phi) is 7.56. The average Bonchev–Trinajstić information content (AvgIpc) is 2.81. The fourth-order valence-corrected chi connectivity index (χ4v) is 5.09. The van der Waals surface area contributed by atoms with E-state index in [0.717, 1.165) is 28.8 Å². The standard InChI is InChI=1S/C28H30F4O/c1-2-3-4-5-18-6-8-19(9-7-18)20-10-11-22-15-23(13-12-21(22)14-20)24-16-25(29)27(26(30)17-24)33-28(31)32/h10-19,28H,2-9H2,1H3. The lowest BCUT2D eigenvalue weighted by Gasteiger charge is -2.29. The van der Waals surface area contributed by atoms with Crippen molar-refractivity contribution in [3.8, 4) is 16.9 Å². The fourth-order valence-electron chi connectivity index (χ4n) is 5.09. The first-order chi connectivity index (χ1) is 15.9. The van der Waals surface area contributed by atoms with Crippen LogP contribution in [-0.2, 0) is 0 Å². The van der Waals surface area contributed by atoms with Crippen molar-refractivity contribution in [1.29, 1.82) is 0 Å². The summed E-state index contributed by atoms with van der Waals surface area (Å²) in [5.74, 6) is -1.90. The molecule has 0 aromatic heterocycles. The van der Waals surface area contributed by atoms with E-state index in [4.69, 9.17) is 0 Å². The van der Waals surface area contributed by atoms with Crippen LogP contribution < -0.4 is 4.74 Å². The molecule has 33 heavy (non-hydrogen) atoms. The average molecular weight is 459 g/mol. The van der Waals surface area contributed by atoms with Crippen LogP contribution in [0, 0.1) is 17.6 Å². The third-order valence-corrected chi connectivity index (χ3v) is 6.94. The smallest absolute Gasteiger partial charge is 0.387 e. The third kappa shape index (κ3) is 5.69. The van der Waals surface area contributed by atoms with E-state index in [0.29, 0.717) is 11.5 Å². The number of fused-ring (bicyclic) bond motifs is 1. The molecule has 0 atom stereocenters. The number of alkyl halides is 2. The molecule has 3 aromatic rings. The third-order valence-electron chi connectivity index (χ3n) is 6.94. The molecule has 0 saturated heterocycles. The van der Waals surface area contributed by atoms with Crippen LogP contribution in [-0.4, -0.2) is 6.61 Å². The van der Waals surface area contributed by atoms with Crippen LogP contribution in [0.5, 0.6) is 5.75 Å². The number of hydrogen-bond donors (Lipinski definition) is 0. The zero-order valence-electron chi connectivity index (χ0n) is 18.9. The molecule has 1 fully saturated rings. The van der Waals surface area contributed by atoms with Gasteiger partial charge in [0, 0.05) is 0 Å². The lowest BCUT2D eigenvalue weighted by molar-refractivity contribution is -0.0546. The van der Waals surface area contributed by atoms with Gasteiger partial charge in [0.05, 0.1) is 0 Å². The summed E-state index contributed by atoms with van der Waals surface area (Å²) >= 11 is 0. The Morgan fingerprint density at radius 2 is 1.48 bits per heavy atom. The Bertz CT molecular complexity index is 1060. The number of ether oxygens (including phenoxy) is 1. The van der Waals surface area contributed by atoms with E-state index in [1.165, 1.54) is 56.9 Å². The minimum atomic E-state index is -3.29. The van der Waals surface area contributed by atoms with Crippen LogP contribution >= 0.6 is 0 Å². The second-order valence-corrected chi connectivity index (χ2v) is 9.18. The Labute approximate surface area is 192 Å². The quantitative estimate of drug-likeness (QED) is 0.241. The van der Waals surface area contributed by atoms with E-state index >= 15 is 0 Å². The molecule has 0 N–H and O–H groups in total. The Balaban J connectivity index is 1.49. The maximum Gasteiger partial charge on any atom is 0.387 e. The first-order valence-corrected chi connectivity index (χ1v) is 11.9. The largest absolute Gasteiger partial charge is 0.429 e. The summed E-state index contributed by atoms with van der Waals surface area (Å²) in [6.45, 7) is -1.04. The van der Waals surface area contributed by atoms with E-state index in [9.17, 15) is 17.6 Å². The summed E-state index contributed by atoms with van der Waals surface area (Å²) in [5, 5.41) is 2.05. The molecule has 0 unspecified atom stereocenters. The van der Waals surface area contributed by atoms with Crippen LogP contribution in [0.25, 0.3) is 21.9 Å². The Morgan fingerprint density at radius 1 is 0.818 bits per heavy atom. The highest BCUT2D eigenvalue weighted by atomic mass is 19.3. The Morgan fingerprint density at radius 3 is 2.15 bits per heavy atom. The van der Waals surface area contributed by atoms with Gasteiger partial charge in [-0.25, -0.2) is 8.78 Å². The molecule has 176 valence electrons. The molecule has 1 aliphatic carbocycles. The minimum absolute atomic E-state index is 0.277. The molecule has 0 aliphatic heterocycles. The highest BCUT2D eigenvalue weighted by Crippen LogP contribution is 2.39. The van der Waals surface area contributed by atoms with Crippen molar-refractivity contribution < 1.29 is 22.3 Å². The fraction of sp³-hybridized carbons (Fsp3) is 0.429. The van der Waals surface area contributed by atoms with Crippen LogP contribution in [0.1, 0.15) is 69.8 Å². The summed E-state index contributed by atoms with van der Waals surface area (Å²) in [6, 6.07) is 14.1. The topological polar surface area (TPSA) is 9.23 Å². The maximum atomic E-state index is 14.1. The second kappa shape index (κ2) is 10.6. The molecule has 0 bridgehead atoms. The highest BCUT2D eigenvalue weighted by molar-refractivity contribution is 5.88. The second-order valence-electron chi connectivity index (χ2n) is 9.18. The molecule has 5 heteroatoms. The van der Waals surface area contributed by atoms with Gasteiger partial charge >= 0.3 is 6.61 Å². The van der Waals surface area contributed by atoms with Gasteiger partial charge in [-0.15, -0.1) is 0 Å². The predicted molar refractivity (Wildman–Crippen MR) is 125 cm³/mol. The zero-order valence-corrected chi connectivity index (χ0v) is 18.9.